The lowest BCUT2D eigenvalue weighted by Crippen LogP contribution is -2.20. The summed E-state index contributed by atoms with van der Waals surface area (Å²) in [7, 11) is -3.74. The summed E-state index contributed by atoms with van der Waals surface area (Å²) >= 11 is 0. The number of aryl methyl sites for hydroxylation is 2. The Morgan fingerprint density at radius 1 is 0.935 bits per heavy atom. The SMILES string of the molecule is O=C1CCc2cc(S(=O)(=O)Nc3ccc(-c4nnc5n4CCCCC5)cc3)ccc2N1. The van der Waals surface area contributed by atoms with Crippen molar-refractivity contribution in [1.82, 2.24) is 14.8 Å². The van der Waals surface area contributed by atoms with Crippen molar-refractivity contribution in [2.45, 2.75) is 50.0 Å². The van der Waals surface area contributed by atoms with Crippen LogP contribution in [0.3, 0.4) is 0 Å². The van der Waals surface area contributed by atoms with Crippen molar-refractivity contribution in [1.29, 1.82) is 0 Å². The first-order valence-corrected chi connectivity index (χ1v) is 12.0. The maximum absolute atomic E-state index is 12.9. The van der Waals surface area contributed by atoms with E-state index in [1.165, 1.54) is 12.5 Å². The molecule has 0 bridgehead atoms. The van der Waals surface area contributed by atoms with E-state index in [0.29, 0.717) is 24.2 Å². The molecule has 2 N–H and O–H groups in total. The third-order valence-electron chi connectivity index (χ3n) is 5.79. The van der Waals surface area contributed by atoms with Crippen LogP contribution in [0.2, 0.25) is 0 Å². The van der Waals surface area contributed by atoms with E-state index in [-0.39, 0.29) is 10.8 Å². The van der Waals surface area contributed by atoms with Gasteiger partial charge in [0.1, 0.15) is 5.82 Å². The van der Waals surface area contributed by atoms with Crippen molar-refractivity contribution in [2.75, 3.05) is 10.0 Å². The maximum atomic E-state index is 12.9. The van der Waals surface area contributed by atoms with Crippen LogP contribution >= 0.6 is 0 Å². The van der Waals surface area contributed by atoms with Crippen LogP contribution < -0.4 is 10.0 Å². The molecule has 8 nitrogen and oxygen atoms in total. The summed E-state index contributed by atoms with van der Waals surface area (Å²) in [6.45, 7) is 0.908. The summed E-state index contributed by atoms with van der Waals surface area (Å²) in [5.41, 5.74) is 2.89. The van der Waals surface area contributed by atoms with Crippen LogP contribution in [0.4, 0.5) is 11.4 Å². The molecule has 2 aliphatic rings. The first-order chi connectivity index (χ1) is 15.0. The van der Waals surface area contributed by atoms with Crippen LogP contribution in [-0.4, -0.2) is 29.1 Å². The number of carbonyl (C=O) groups excluding carboxylic acids is 1. The van der Waals surface area contributed by atoms with Crippen LogP contribution in [0.25, 0.3) is 11.4 Å². The molecule has 0 spiro atoms. The molecule has 2 aliphatic heterocycles. The van der Waals surface area contributed by atoms with Crippen LogP contribution in [0.15, 0.2) is 47.4 Å². The lowest BCUT2D eigenvalue weighted by molar-refractivity contribution is -0.116. The molecule has 5 rings (SSSR count). The molecule has 0 aliphatic carbocycles. The minimum atomic E-state index is -3.74. The fourth-order valence-corrected chi connectivity index (χ4v) is 5.24. The number of amides is 1. The summed E-state index contributed by atoms with van der Waals surface area (Å²) in [4.78, 5) is 11.7. The van der Waals surface area contributed by atoms with Crippen molar-refractivity contribution in [2.24, 2.45) is 0 Å². The quantitative estimate of drug-likeness (QED) is 0.651. The largest absolute Gasteiger partial charge is 0.326 e. The van der Waals surface area contributed by atoms with Gasteiger partial charge in [-0.1, -0.05) is 6.42 Å². The molecule has 0 radical (unpaired) electrons. The Bertz CT molecular complexity index is 1250. The van der Waals surface area contributed by atoms with Gasteiger partial charge < -0.3 is 9.88 Å². The number of fused-ring (bicyclic) bond motifs is 2. The Kier molecular flexibility index (Phi) is 4.97. The normalized spacial score (nSPS) is 16.1. The number of nitrogens with zero attached hydrogens (tertiary/aromatic N) is 3. The lowest BCUT2D eigenvalue weighted by atomic mass is 10.0. The van der Waals surface area contributed by atoms with E-state index in [2.05, 4.69) is 24.8 Å². The van der Waals surface area contributed by atoms with Crippen LogP contribution in [0.5, 0.6) is 0 Å². The molecule has 3 aromatic rings. The van der Waals surface area contributed by atoms with E-state index >= 15 is 0 Å². The van der Waals surface area contributed by atoms with Crippen molar-refractivity contribution in [3.05, 3.63) is 53.9 Å². The van der Waals surface area contributed by atoms with Crippen LogP contribution in [-0.2, 0) is 34.2 Å². The van der Waals surface area contributed by atoms with Gasteiger partial charge in [-0.25, -0.2) is 8.42 Å². The fourth-order valence-electron chi connectivity index (χ4n) is 4.13. The molecule has 1 aromatic heterocycles. The number of hydrogen-bond acceptors (Lipinski definition) is 5. The third-order valence-corrected chi connectivity index (χ3v) is 7.17. The predicted molar refractivity (Wildman–Crippen MR) is 117 cm³/mol. The first-order valence-electron chi connectivity index (χ1n) is 10.5. The molecule has 9 heteroatoms. The van der Waals surface area contributed by atoms with E-state index in [1.54, 1.807) is 24.3 Å². The molecule has 0 unspecified atom stereocenters. The van der Waals surface area contributed by atoms with E-state index in [9.17, 15) is 13.2 Å². The van der Waals surface area contributed by atoms with Crippen molar-refractivity contribution >= 4 is 27.3 Å². The standard InChI is InChI=1S/C22H23N5O3S/c28-21-12-7-16-14-18(10-11-19(16)23-21)31(29,30)26-17-8-5-15(6-9-17)22-25-24-20-4-2-1-3-13-27(20)22/h5-6,8-11,14,26H,1-4,7,12-13H2,(H,23,28). The molecule has 3 heterocycles. The highest BCUT2D eigenvalue weighted by molar-refractivity contribution is 7.92. The van der Waals surface area contributed by atoms with E-state index in [1.807, 2.05) is 12.1 Å². The number of rotatable bonds is 4. The smallest absolute Gasteiger partial charge is 0.261 e. The molecule has 31 heavy (non-hydrogen) atoms. The molecule has 0 atom stereocenters. The summed E-state index contributed by atoms with van der Waals surface area (Å²) in [6.07, 6.45) is 5.27. The second-order valence-electron chi connectivity index (χ2n) is 7.95. The molecule has 0 saturated carbocycles. The molecule has 2 aromatic carbocycles. The summed E-state index contributed by atoms with van der Waals surface area (Å²) in [5, 5.41) is 11.4. The number of anilines is 2. The topological polar surface area (TPSA) is 106 Å². The van der Waals surface area contributed by atoms with Gasteiger partial charge in [-0.2, -0.15) is 0 Å². The van der Waals surface area contributed by atoms with Gasteiger partial charge in [0.15, 0.2) is 5.82 Å². The molecular weight excluding hydrogens is 414 g/mol. The summed E-state index contributed by atoms with van der Waals surface area (Å²) < 4.78 is 30.5. The minimum absolute atomic E-state index is 0.0501. The average Bonchev–Trinajstić information content (AvgIpc) is 3.01. The molecule has 1 amide bonds. The molecule has 0 saturated heterocycles. The van der Waals surface area contributed by atoms with E-state index in [0.717, 1.165) is 48.6 Å². The Balaban J connectivity index is 1.36. The summed E-state index contributed by atoms with van der Waals surface area (Å²) in [6, 6.07) is 12.0. The van der Waals surface area contributed by atoms with Crippen molar-refractivity contribution in [3.8, 4) is 11.4 Å². The van der Waals surface area contributed by atoms with Gasteiger partial charge in [0, 0.05) is 36.3 Å². The fraction of sp³-hybridized carbons (Fsp3) is 0.318. The Morgan fingerprint density at radius 2 is 1.77 bits per heavy atom. The van der Waals surface area contributed by atoms with Gasteiger partial charge in [0.2, 0.25) is 5.91 Å². The van der Waals surface area contributed by atoms with Crippen LogP contribution in [0.1, 0.15) is 37.1 Å². The second-order valence-corrected chi connectivity index (χ2v) is 9.63. The maximum Gasteiger partial charge on any atom is 0.261 e. The monoisotopic (exact) mass is 437 g/mol. The number of nitrogens with one attached hydrogen (secondary N) is 2. The minimum Gasteiger partial charge on any atom is -0.326 e. The zero-order valence-electron chi connectivity index (χ0n) is 17.0. The van der Waals surface area contributed by atoms with Gasteiger partial charge >= 0.3 is 0 Å². The van der Waals surface area contributed by atoms with Gasteiger partial charge in [-0.15, -0.1) is 10.2 Å². The highest BCUT2D eigenvalue weighted by Gasteiger charge is 2.21. The van der Waals surface area contributed by atoms with Gasteiger partial charge in [-0.05, 0) is 67.3 Å². The number of carbonyl (C=O) groups is 1. The number of benzene rings is 2. The second kappa shape index (κ2) is 7.81. The highest BCUT2D eigenvalue weighted by atomic mass is 32.2. The number of sulfonamides is 1. The number of hydrogen-bond donors (Lipinski definition) is 2. The van der Waals surface area contributed by atoms with Crippen molar-refractivity contribution < 1.29 is 13.2 Å². The Hall–Kier alpha value is -3.20. The highest BCUT2D eigenvalue weighted by Crippen LogP contribution is 2.28. The first kappa shape index (κ1) is 19.7. The van der Waals surface area contributed by atoms with E-state index < -0.39 is 10.0 Å². The lowest BCUT2D eigenvalue weighted by Gasteiger charge is -2.18. The van der Waals surface area contributed by atoms with E-state index in [4.69, 9.17) is 0 Å². The third kappa shape index (κ3) is 3.93. The molecule has 0 fully saturated rings. The molecular formula is C22H23N5O3S. The van der Waals surface area contributed by atoms with Gasteiger partial charge in [0.25, 0.3) is 10.0 Å². The van der Waals surface area contributed by atoms with Crippen molar-refractivity contribution in [3.63, 3.8) is 0 Å². The summed E-state index contributed by atoms with van der Waals surface area (Å²) in [5.74, 6) is 1.79. The zero-order valence-corrected chi connectivity index (χ0v) is 17.8. The Labute approximate surface area is 180 Å². The van der Waals surface area contributed by atoms with Crippen LogP contribution in [0, 0.1) is 0 Å². The Morgan fingerprint density at radius 3 is 2.61 bits per heavy atom. The number of aromatic nitrogens is 3. The molecule has 160 valence electrons. The zero-order chi connectivity index (χ0) is 21.4. The predicted octanol–water partition coefficient (Wildman–Crippen LogP) is 3.36. The van der Waals surface area contributed by atoms with Gasteiger partial charge in [-0.3, -0.25) is 9.52 Å². The van der Waals surface area contributed by atoms with Gasteiger partial charge in [0.05, 0.1) is 4.90 Å². The average molecular weight is 438 g/mol.